The summed E-state index contributed by atoms with van der Waals surface area (Å²) in [4.78, 5) is 12.6. The summed E-state index contributed by atoms with van der Waals surface area (Å²) < 4.78 is 28.6. The number of carbonyl (C=O) groups is 1. The van der Waals surface area contributed by atoms with E-state index in [2.05, 4.69) is 20.2 Å². The maximum absolute atomic E-state index is 12.5. The van der Waals surface area contributed by atoms with Gasteiger partial charge in [-0.3, -0.25) is 9.20 Å². The van der Waals surface area contributed by atoms with Crippen LogP contribution in [0.4, 0.5) is 0 Å². The van der Waals surface area contributed by atoms with E-state index in [1.54, 1.807) is 19.9 Å². The van der Waals surface area contributed by atoms with Gasteiger partial charge in [-0.25, -0.2) is 13.1 Å². The van der Waals surface area contributed by atoms with Crippen LogP contribution in [0.15, 0.2) is 47.5 Å². The van der Waals surface area contributed by atoms with Crippen molar-refractivity contribution in [1.29, 1.82) is 0 Å². The summed E-state index contributed by atoms with van der Waals surface area (Å²) in [5.74, 6) is 0.418. The average Bonchev–Trinajstić information content (AvgIpc) is 3.05. The van der Waals surface area contributed by atoms with Crippen molar-refractivity contribution in [2.45, 2.75) is 25.2 Å². The Balaban J connectivity index is 1.71. The van der Waals surface area contributed by atoms with E-state index in [0.717, 1.165) is 11.5 Å². The quantitative estimate of drug-likeness (QED) is 0.636. The molecule has 0 aliphatic carbocycles. The molecule has 27 heavy (non-hydrogen) atoms. The Morgan fingerprint density at radius 3 is 2.78 bits per heavy atom. The lowest BCUT2D eigenvalue weighted by Crippen LogP contribution is -2.28. The summed E-state index contributed by atoms with van der Waals surface area (Å²) in [6, 6.07) is 10.1. The van der Waals surface area contributed by atoms with Crippen LogP contribution in [0.25, 0.3) is 5.65 Å². The molecule has 2 aromatic heterocycles. The zero-order valence-corrected chi connectivity index (χ0v) is 16.0. The lowest BCUT2D eigenvalue weighted by molar-refractivity contribution is 0.0953. The second-order valence-electron chi connectivity index (χ2n) is 6.03. The molecule has 0 atom stereocenters. The molecule has 0 saturated carbocycles. The summed E-state index contributed by atoms with van der Waals surface area (Å²) in [7, 11) is -3.62. The number of nitrogens with zero attached hydrogens (tertiary/aromatic N) is 3. The molecule has 2 heterocycles. The molecule has 0 aliphatic heterocycles. The normalized spacial score (nSPS) is 11.6. The second-order valence-corrected chi connectivity index (χ2v) is 7.80. The Hall–Kier alpha value is -2.78. The van der Waals surface area contributed by atoms with E-state index in [4.69, 9.17) is 0 Å². The van der Waals surface area contributed by atoms with Crippen LogP contribution in [0.5, 0.6) is 0 Å². The summed E-state index contributed by atoms with van der Waals surface area (Å²) in [5.41, 5.74) is 1.78. The molecule has 1 amide bonds. The molecular formula is C18H21N5O3S. The molecule has 0 spiro atoms. The first-order valence-corrected chi connectivity index (χ1v) is 10.1. The highest BCUT2D eigenvalue weighted by Crippen LogP contribution is 2.15. The van der Waals surface area contributed by atoms with Crippen molar-refractivity contribution in [1.82, 2.24) is 24.6 Å². The average molecular weight is 387 g/mol. The molecule has 0 radical (unpaired) electrons. The molecule has 0 aliphatic rings. The van der Waals surface area contributed by atoms with E-state index >= 15 is 0 Å². The van der Waals surface area contributed by atoms with Crippen molar-refractivity contribution in [3.05, 3.63) is 59.5 Å². The minimum Gasteiger partial charge on any atom is -0.352 e. The number of nitrogens with one attached hydrogen (secondary N) is 2. The van der Waals surface area contributed by atoms with Crippen LogP contribution >= 0.6 is 0 Å². The first-order valence-electron chi connectivity index (χ1n) is 8.59. The Morgan fingerprint density at radius 2 is 2.00 bits per heavy atom. The first-order chi connectivity index (χ1) is 12.9. The third kappa shape index (κ3) is 4.15. The highest BCUT2D eigenvalue weighted by Gasteiger charge is 2.17. The van der Waals surface area contributed by atoms with Gasteiger partial charge in [0.05, 0.1) is 4.90 Å². The maximum atomic E-state index is 12.5. The molecule has 3 aromatic rings. The molecule has 2 N–H and O–H groups in total. The number of aryl methyl sites for hydroxylation is 1. The van der Waals surface area contributed by atoms with Crippen molar-refractivity contribution in [2.75, 3.05) is 13.1 Å². The van der Waals surface area contributed by atoms with Crippen LogP contribution in [-0.4, -0.2) is 42.0 Å². The van der Waals surface area contributed by atoms with Crippen LogP contribution in [0.3, 0.4) is 0 Å². The molecule has 1 aromatic carbocycles. The number of aromatic nitrogens is 3. The number of fused-ring (bicyclic) bond motifs is 1. The molecule has 3 rings (SSSR count). The van der Waals surface area contributed by atoms with E-state index in [-0.39, 0.29) is 17.3 Å². The number of amides is 1. The zero-order valence-electron chi connectivity index (χ0n) is 15.1. The minimum atomic E-state index is -3.62. The van der Waals surface area contributed by atoms with Gasteiger partial charge in [-0.15, -0.1) is 10.2 Å². The smallest absolute Gasteiger partial charge is 0.251 e. The fourth-order valence-corrected chi connectivity index (χ4v) is 3.80. The molecule has 0 saturated heterocycles. The SMILES string of the molecule is CCNS(=O)(=O)c1ccc(C)c(C(=O)NCCc2nnc3ccccn23)c1. The lowest BCUT2D eigenvalue weighted by Gasteiger charge is -2.10. The van der Waals surface area contributed by atoms with E-state index in [9.17, 15) is 13.2 Å². The largest absolute Gasteiger partial charge is 0.352 e. The first kappa shape index (κ1) is 19.0. The Morgan fingerprint density at radius 1 is 1.19 bits per heavy atom. The molecule has 0 fully saturated rings. The predicted octanol–water partition coefficient (Wildman–Crippen LogP) is 1.31. The second kappa shape index (κ2) is 7.85. The standard InChI is InChI=1S/C18H21N5O3S/c1-3-20-27(25,26)14-8-7-13(2)15(12-14)18(24)19-10-9-17-22-21-16-6-4-5-11-23(16)17/h4-8,11-12,20H,3,9-10H2,1-2H3,(H,19,24). The molecule has 8 nitrogen and oxygen atoms in total. The molecule has 0 bridgehead atoms. The van der Waals surface area contributed by atoms with Crippen LogP contribution in [-0.2, 0) is 16.4 Å². The van der Waals surface area contributed by atoms with Crippen molar-refractivity contribution in [2.24, 2.45) is 0 Å². The Kier molecular flexibility index (Phi) is 5.52. The van der Waals surface area contributed by atoms with Gasteiger partial charge in [0.1, 0.15) is 5.82 Å². The van der Waals surface area contributed by atoms with Crippen molar-refractivity contribution < 1.29 is 13.2 Å². The number of hydrogen-bond acceptors (Lipinski definition) is 5. The van der Waals surface area contributed by atoms with E-state index in [1.807, 2.05) is 28.8 Å². The highest BCUT2D eigenvalue weighted by molar-refractivity contribution is 7.89. The maximum Gasteiger partial charge on any atom is 0.251 e. The van der Waals surface area contributed by atoms with Gasteiger partial charge in [0.25, 0.3) is 5.91 Å². The monoisotopic (exact) mass is 387 g/mol. The Labute approximate surface area is 157 Å². The summed E-state index contributed by atoms with van der Waals surface area (Å²) >= 11 is 0. The van der Waals surface area contributed by atoms with Gasteiger partial charge in [-0.2, -0.15) is 0 Å². The van der Waals surface area contributed by atoms with Crippen LogP contribution in [0.1, 0.15) is 28.7 Å². The topological polar surface area (TPSA) is 105 Å². The predicted molar refractivity (Wildman–Crippen MR) is 101 cm³/mol. The number of rotatable bonds is 7. The lowest BCUT2D eigenvalue weighted by atomic mass is 10.1. The van der Waals surface area contributed by atoms with E-state index < -0.39 is 10.0 Å². The summed E-state index contributed by atoms with van der Waals surface area (Å²) in [6.07, 6.45) is 2.37. The molecule has 9 heteroatoms. The van der Waals surface area contributed by atoms with Crippen molar-refractivity contribution >= 4 is 21.6 Å². The summed E-state index contributed by atoms with van der Waals surface area (Å²) in [5, 5.41) is 11.0. The van der Waals surface area contributed by atoms with Gasteiger partial charge >= 0.3 is 0 Å². The number of hydrogen-bond donors (Lipinski definition) is 2. The van der Waals surface area contributed by atoms with Crippen LogP contribution in [0.2, 0.25) is 0 Å². The van der Waals surface area contributed by atoms with Gasteiger partial charge in [0.2, 0.25) is 10.0 Å². The summed E-state index contributed by atoms with van der Waals surface area (Å²) in [6.45, 7) is 4.11. The highest BCUT2D eigenvalue weighted by atomic mass is 32.2. The fourth-order valence-electron chi connectivity index (χ4n) is 2.73. The Bertz CT molecular complexity index is 1080. The van der Waals surface area contributed by atoms with Crippen molar-refractivity contribution in [3.8, 4) is 0 Å². The van der Waals surface area contributed by atoms with Gasteiger partial charge in [0.15, 0.2) is 5.65 Å². The molecule has 142 valence electrons. The minimum absolute atomic E-state index is 0.0727. The van der Waals surface area contributed by atoms with Gasteiger partial charge in [-0.05, 0) is 36.8 Å². The number of carbonyl (C=O) groups excluding carboxylic acids is 1. The fraction of sp³-hybridized carbons (Fsp3) is 0.278. The van der Waals surface area contributed by atoms with E-state index in [1.165, 1.54) is 12.1 Å². The van der Waals surface area contributed by atoms with Gasteiger partial charge in [-0.1, -0.05) is 19.1 Å². The number of sulfonamides is 1. The molecular weight excluding hydrogens is 366 g/mol. The van der Waals surface area contributed by atoms with Crippen molar-refractivity contribution in [3.63, 3.8) is 0 Å². The van der Waals surface area contributed by atoms with Gasteiger partial charge in [0, 0.05) is 31.3 Å². The zero-order chi connectivity index (χ0) is 19.4. The number of benzene rings is 1. The third-order valence-corrected chi connectivity index (χ3v) is 5.66. The van der Waals surface area contributed by atoms with Crippen LogP contribution < -0.4 is 10.0 Å². The molecule has 0 unspecified atom stereocenters. The van der Waals surface area contributed by atoms with Gasteiger partial charge < -0.3 is 5.32 Å². The number of pyridine rings is 1. The van der Waals surface area contributed by atoms with Crippen LogP contribution in [0, 0.1) is 6.92 Å². The van der Waals surface area contributed by atoms with E-state index in [0.29, 0.717) is 24.1 Å². The third-order valence-electron chi connectivity index (χ3n) is 4.12.